The van der Waals surface area contributed by atoms with Gasteiger partial charge in [0.15, 0.2) is 6.29 Å². The molecule has 0 spiro atoms. The summed E-state index contributed by atoms with van der Waals surface area (Å²) in [6.07, 6.45) is 0.906. The fourth-order valence-corrected chi connectivity index (χ4v) is 1.37. The zero-order valence-corrected chi connectivity index (χ0v) is 11.1. The van der Waals surface area contributed by atoms with Gasteiger partial charge in [-0.15, -0.1) is 0 Å². The number of hydrogen-bond acceptors (Lipinski definition) is 3. The van der Waals surface area contributed by atoms with Gasteiger partial charge in [0.2, 0.25) is 0 Å². The summed E-state index contributed by atoms with van der Waals surface area (Å²) in [4.78, 5) is 10.5. The first-order valence-electron chi connectivity index (χ1n) is 6.08. The number of carbonyl (C=O) groups excluding carboxylic acids is 1. The van der Waals surface area contributed by atoms with Gasteiger partial charge < -0.3 is 9.84 Å². The van der Waals surface area contributed by atoms with Gasteiger partial charge in [-0.1, -0.05) is 30.3 Å². The first-order chi connectivity index (χ1) is 9.13. The van der Waals surface area contributed by atoms with E-state index in [1.807, 2.05) is 32.0 Å². The molecule has 3 nitrogen and oxygen atoms in total. The van der Waals surface area contributed by atoms with Crippen molar-refractivity contribution in [3.8, 4) is 11.5 Å². The summed E-state index contributed by atoms with van der Waals surface area (Å²) in [6, 6.07) is 15.9. The number of ether oxygens (including phenoxy) is 1. The summed E-state index contributed by atoms with van der Waals surface area (Å²) in [7, 11) is 0. The molecular formula is C16H18O3. The van der Waals surface area contributed by atoms with Crippen LogP contribution in [0, 0.1) is 0 Å². The van der Waals surface area contributed by atoms with E-state index in [2.05, 4.69) is 0 Å². The van der Waals surface area contributed by atoms with Crippen LogP contribution >= 0.6 is 0 Å². The molecule has 2 rings (SSSR count). The predicted molar refractivity (Wildman–Crippen MR) is 75.7 cm³/mol. The van der Waals surface area contributed by atoms with E-state index in [-0.39, 0.29) is 6.10 Å². The van der Waals surface area contributed by atoms with Crippen LogP contribution in [0.2, 0.25) is 0 Å². The minimum Gasteiger partial charge on any atom is -0.508 e. The summed E-state index contributed by atoms with van der Waals surface area (Å²) in [5.41, 5.74) is 0.603. The summed E-state index contributed by atoms with van der Waals surface area (Å²) in [5.74, 6) is 0.977. The maximum atomic E-state index is 10.5. The van der Waals surface area contributed by atoms with Crippen molar-refractivity contribution in [2.75, 3.05) is 0 Å². The van der Waals surface area contributed by atoms with E-state index in [1.165, 1.54) is 0 Å². The van der Waals surface area contributed by atoms with E-state index in [9.17, 15) is 4.79 Å². The molecule has 0 amide bonds. The molecule has 0 fully saturated rings. The third-order valence-corrected chi connectivity index (χ3v) is 2.16. The summed E-state index contributed by atoms with van der Waals surface area (Å²) >= 11 is 0. The van der Waals surface area contributed by atoms with Crippen molar-refractivity contribution in [3.63, 3.8) is 0 Å². The van der Waals surface area contributed by atoms with Gasteiger partial charge >= 0.3 is 0 Å². The van der Waals surface area contributed by atoms with Gasteiger partial charge in [0.1, 0.15) is 11.5 Å². The lowest BCUT2D eigenvalue weighted by atomic mass is 10.2. The first-order valence-corrected chi connectivity index (χ1v) is 6.08. The van der Waals surface area contributed by atoms with E-state index in [1.54, 1.807) is 36.4 Å². The number of aldehydes is 1. The fourth-order valence-electron chi connectivity index (χ4n) is 1.37. The van der Waals surface area contributed by atoms with Gasteiger partial charge in [-0.2, -0.15) is 0 Å². The average molecular weight is 258 g/mol. The Labute approximate surface area is 113 Å². The van der Waals surface area contributed by atoms with Crippen molar-refractivity contribution in [1.82, 2.24) is 0 Å². The van der Waals surface area contributed by atoms with Crippen molar-refractivity contribution in [2.45, 2.75) is 20.0 Å². The monoisotopic (exact) mass is 258 g/mol. The Morgan fingerprint density at radius 3 is 2.05 bits per heavy atom. The number of carbonyl (C=O) groups is 1. The van der Waals surface area contributed by atoms with Crippen molar-refractivity contribution < 1.29 is 14.6 Å². The molecule has 3 heteroatoms. The Kier molecular flexibility index (Phi) is 6.16. The molecule has 2 aromatic rings. The second-order valence-corrected chi connectivity index (χ2v) is 4.16. The van der Waals surface area contributed by atoms with E-state index in [0.29, 0.717) is 17.1 Å². The molecule has 0 aliphatic rings. The lowest BCUT2D eigenvalue weighted by Gasteiger charge is -2.10. The summed E-state index contributed by atoms with van der Waals surface area (Å²) < 4.78 is 5.40. The van der Waals surface area contributed by atoms with Crippen LogP contribution in [0.25, 0.3) is 0 Å². The summed E-state index contributed by atoms with van der Waals surface area (Å²) in [6.45, 7) is 3.86. The molecule has 0 atom stereocenters. The molecule has 0 saturated heterocycles. The Morgan fingerprint density at radius 1 is 1.00 bits per heavy atom. The molecular weight excluding hydrogens is 240 g/mol. The summed E-state index contributed by atoms with van der Waals surface area (Å²) in [5, 5.41) is 8.63. The molecule has 2 aromatic carbocycles. The van der Waals surface area contributed by atoms with Crippen molar-refractivity contribution in [1.29, 1.82) is 0 Å². The van der Waals surface area contributed by atoms with Crippen LogP contribution in [0.4, 0.5) is 0 Å². The normalized spacial score (nSPS) is 9.42. The number of aromatic hydroxyl groups is 1. The highest BCUT2D eigenvalue weighted by atomic mass is 16.5. The standard InChI is InChI=1S/C10H12O2.C6H6O/c1-8(2)12-10-6-4-3-5-9(10)7-11;7-6-4-2-1-3-5-6/h3-8H,1-2H3;1-5,7H. The van der Waals surface area contributed by atoms with Gasteiger partial charge in [-0.05, 0) is 38.1 Å². The van der Waals surface area contributed by atoms with E-state index in [0.717, 1.165) is 6.29 Å². The molecule has 0 aromatic heterocycles. The fraction of sp³-hybridized carbons (Fsp3) is 0.188. The third kappa shape index (κ3) is 5.73. The van der Waals surface area contributed by atoms with E-state index in [4.69, 9.17) is 9.84 Å². The maximum Gasteiger partial charge on any atom is 0.153 e. The number of phenols is 1. The predicted octanol–water partition coefficient (Wildman–Crippen LogP) is 3.68. The second kappa shape index (κ2) is 7.93. The second-order valence-electron chi connectivity index (χ2n) is 4.16. The van der Waals surface area contributed by atoms with Crippen LogP contribution in [-0.4, -0.2) is 17.5 Å². The lowest BCUT2D eigenvalue weighted by Crippen LogP contribution is -2.06. The molecule has 0 heterocycles. The average Bonchev–Trinajstić information content (AvgIpc) is 2.40. The topological polar surface area (TPSA) is 46.5 Å². The van der Waals surface area contributed by atoms with Crippen LogP contribution in [0.15, 0.2) is 54.6 Å². The SMILES string of the molecule is CC(C)Oc1ccccc1C=O.Oc1ccccc1. The molecule has 0 saturated carbocycles. The van der Waals surface area contributed by atoms with Crippen LogP contribution in [0.3, 0.4) is 0 Å². The van der Waals surface area contributed by atoms with E-state index < -0.39 is 0 Å². The molecule has 0 bridgehead atoms. The number of rotatable bonds is 3. The number of hydrogen-bond donors (Lipinski definition) is 1. The number of benzene rings is 2. The first kappa shape index (κ1) is 14.8. The van der Waals surface area contributed by atoms with Crippen LogP contribution in [0.5, 0.6) is 11.5 Å². The lowest BCUT2D eigenvalue weighted by molar-refractivity contribution is 0.111. The van der Waals surface area contributed by atoms with E-state index >= 15 is 0 Å². The molecule has 0 aliphatic heterocycles. The Balaban J connectivity index is 0.000000218. The molecule has 0 unspecified atom stereocenters. The van der Waals surface area contributed by atoms with Gasteiger partial charge in [0.25, 0.3) is 0 Å². The Bertz CT molecular complexity index is 492. The smallest absolute Gasteiger partial charge is 0.153 e. The zero-order valence-electron chi connectivity index (χ0n) is 11.1. The highest BCUT2D eigenvalue weighted by Crippen LogP contribution is 2.16. The molecule has 0 radical (unpaired) electrons. The Morgan fingerprint density at radius 2 is 1.58 bits per heavy atom. The minimum absolute atomic E-state index is 0.103. The number of para-hydroxylation sites is 2. The molecule has 100 valence electrons. The van der Waals surface area contributed by atoms with Crippen LogP contribution in [0.1, 0.15) is 24.2 Å². The van der Waals surface area contributed by atoms with Gasteiger partial charge in [-0.3, -0.25) is 4.79 Å². The molecule has 0 aliphatic carbocycles. The molecule has 19 heavy (non-hydrogen) atoms. The van der Waals surface area contributed by atoms with Crippen molar-refractivity contribution >= 4 is 6.29 Å². The van der Waals surface area contributed by atoms with Gasteiger partial charge in [-0.25, -0.2) is 0 Å². The van der Waals surface area contributed by atoms with Gasteiger partial charge in [0, 0.05) is 0 Å². The highest BCUT2D eigenvalue weighted by molar-refractivity contribution is 5.79. The quantitative estimate of drug-likeness (QED) is 0.854. The van der Waals surface area contributed by atoms with Crippen LogP contribution in [-0.2, 0) is 0 Å². The Hall–Kier alpha value is -2.29. The number of phenolic OH excluding ortho intramolecular Hbond substituents is 1. The van der Waals surface area contributed by atoms with Crippen molar-refractivity contribution in [3.05, 3.63) is 60.2 Å². The van der Waals surface area contributed by atoms with Gasteiger partial charge in [0.05, 0.1) is 11.7 Å². The highest BCUT2D eigenvalue weighted by Gasteiger charge is 2.02. The van der Waals surface area contributed by atoms with Crippen LogP contribution < -0.4 is 4.74 Å². The largest absolute Gasteiger partial charge is 0.508 e. The molecule has 1 N–H and O–H groups in total. The minimum atomic E-state index is 0.103. The zero-order chi connectivity index (χ0) is 14.1. The third-order valence-electron chi connectivity index (χ3n) is 2.16. The van der Waals surface area contributed by atoms with Crippen molar-refractivity contribution in [2.24, 2.45) is 0 Å². The maximum absolute atomic E-state index is 10.5.